The fourth-order valence-electron chi connectivity index (χ4n) is 3.73. The predicted octanol–water partition coefficient (Wildman–Crippen LogP) is 4.82. The Kier molecular flexibility index (Phi) is 8.68. The minimum Gasteiger partial charge on any atom is -0.507 e. The minimum atomic E-state index is -4.62. The van der Waals surface area contributed by atoms with Gasteiger partial charge in [-0.3, -0.25) is 5.41 Å². The fourth-order valence-corrected chi connectivity index (χ4v) is 3.73. The van der Waals surface area contributed by atoms with Gasteiger partial charge in [0.25, 0.3) is 0 Å². The summed E-state index contributed by atoms with van der Waals surface area (Å²) in [5.41, 5.74) is 5.68. The van der Waals surface area contributed by atoms with Crippen LogP contribution < -0.4 is 15.8 Å². The minimum absolute atomic E-state index is 0.00908. The van der Waals surface area contributed by atoms with Gasteiger partial charge in [0.2, 0.25) is 0 Å². The number of phenols is 1. The van der Waals surface area contributed by atoms with Crippen LogP contribution in [0.15, 0.2) is 42.5 Å². The number of nitrogen functional groups attached to an aromatic ring is 1. The number of aromatic hydroxyl groups is 1. The van der Waals surface area contributed by atoms with Crippen molar-refractivity contribution in [2.45, 2.75) is 32.0 Å². The monoisotopic (exact) mass is 506 g/mol. The molecule has 0 bridgehead atoms. The zero-order valence-corrected chi connectivity index (χ0v) is 19.8. The molecule has 194 valence electrons. The number of nitrogens with two attached hydrogens (primary N) is 1. The number of carbonyl (C=O) groups is 1. The van der Waals surface area contributed by atoms with Crippen LogP contribution in [0.3, 0.4) is 0 Å². The van der Waals surface area contributed by atoms with Crippen LogP contribution in [0.1, 0.15) is 36.5 Å². The Labute approximate surface area is 207 Å². The van der Waals surface area contributed by atoms with Gasteiger partial charge in [0.05, 0.1) is 12.2 Å². The van der Waals surface area contributed by atoms with Crippen LogP contribution in [-0.2, 0) is 10.9 Å². The van der Waals surface area contributed by atoms with Gasteiger partial charge < -0.3 is 30.5 Å². The van der Waals surface area contributed by atoms with E-state index in [0.717, 1.165) is 6.07 Å². The first kappa shape index (κ1) is 26.7. The maximum absolute atomic E-state index is 13.7. The third kappa shape index (κ3) is 7.06. The van der Waals surface area contributed by atoms with Crippen LogP contribution in [0.2, 0.25) is 0 Å². The van der Waals surface area contributed by atoms with Crippen LogP contribution >= 0.6 is 0 Å². The first-order chi connectivity index (χ1) is 17.1. The second-order valence-corrected chi connectivity index (χ2v) is 8.18. The van der Waals surface area contributed by atoms with Crippen molar-refractivity contribution in [2.24, 2.45) is 5.73 Å². The molecule has 3 rings (SSSR count). The molecular formula is C25H29F3N4O4. The number of phenolic OH excluding ortho intramolecular Hbond substituents is 1. The number of likely N-dealkylation sites (tertiary alicyclic amines) is 1. The number of rotatable bonds is 8. The number of ether oxygens (including phenoxy) is 2. The summed E-state index contributed by atoms with van der Waals surface area (Å²) >= 11 is 0. The Morgan fingerprint density at radius 1 is 1.25 bits per heavy atom. The van der Waals surface area contributed by atoms with Crippen molar-refractivity contribution in [3.05, 3.63) is 59.2 Å². The van der Waals surface area contributed by atoms with E-state index in [2.05, 4.69) is 5.32 Å². The fraction of sp³-hybridized carbons (Fsp3) is 0.360. The number of hydrogen-bond donors (Lipinski definition) is 4. The topological polar surface area (TPSA) is 121 Å². The highest BCUT2D eigenvalue weighted by molar-refractivity contribution is 5.95. The van der Waals surface area contributed by atoms with Crippen LogP contribution in [0, 0.1) is 5.41 Å². The molecule has 1 aliphatic heterocycles. The van der Waals surface area contributed by atoms with Gasteiger partial charge in [-0.2, -0.15) is 13.2 Å². The second kappa shape index (κ2) is 11.7. The first-order valence-electron chi connectivity index (χ1n) is 11.5. The molecule has 1 saturated heterocycles. The average molecular weight is 507 g/mol. The highest BCUT2D eigenvalue weighted by Crippen LogP contribution is 2.39. The summed E-state index contributed by atoms with van der Waals surface area (Å²) in [5.74, 6) is -0.413. The number of alkyl halides is 3. The molecule has 1 aliphatic rings. The molecule has 0 aliphatic carbocycles. The molecule has 1 heterocycles. The Hall–Kier alpha value is -3.89. The number of piperidine rings is 1. The number of carbonyl (C=O) groups excluding carboxylic acids is 1. The molecule has 0 radical (unpaired) electrons. The number of nitrogens with zero attached hydrogens (tertiary/aromatic N) is 1. The summed E-state index contributed by atoms with van der Waals surface area (Å²) in [5, 5.41) is 20.3. The SMILES string of the molecule is CCOC(=O)N1CCC(Oc2ccc(NCC=Cc3cc(C(=N)N)ccc3O)cc2C(F)(F)F)CC1. The summed E-state index contributed by atoms with van der Waals surface area (Å²) in [4.78, 5) is 13.3. The van der Waals surface area contributed by atoms with Crippen molar-refractivity contribution in [1.82, 2.24) is 4.90 Å². The average Bonchev–Trinajstić information content (AvgIpc) is 2.83. The lowest BCUT2D eigenvalue weighted by molar-refractivity contribution is -0.139. The number of hydrogen-bond acceptors (Lipinski definition) is 6. The number of nitrogens with one attached hydrogen (secondary N) is 2. The molecule has 5 N–H and O–H groups in total. The van der Waals surface area contributed by atoms with Crippen molar-refractivity contribution < 1.29 is 32.5 Å². The molecule has 0 atom stereocenters. The Morgan fingerprint density at radius 3 is 2.61 bits per heavy atom. The molecule has 0 saturated carbocycles. The molecule has 1 fully saturated rings. The van der Waals surface area contributed by atoms with Gasteiger partial charge in [-0.15, -0.1) is 0 Å². The summed E-state index contributed by atoms with van der Waals surface area (Å²) in [7, 11) is 0. The van der Waals surface area contributed by atoms with Crippen molar-refractivity contribution in [3.8, 4) is 11.5 Å². The van der Waals surface area contributed by atoms with E-state index < -0.39 is 23.9 Å². The maximum atomic E-state index is 13.7. The summed E-state index contributed by atoms with van der Waals surface area (Å²) in [6.07, 6.45) is -1.48. The summed E-state index contributed by atoms with van der Waals surface area (Å²) in [6, 6.07) is 8.25. The van der Waals surface area contributed by atoms with Gasteiger partial charge >= 0.3 is 12.3 Å². The van der Waals surface area contributed by atoms with Crippen LogP contribution in [0.5, 0.6) is 11.5 Å². The number of amides is 1. The van der Waals surface area contributed by atoms with E-state index in [9.17, 15) is 23.1 Å². The highest BCUT2D eigenvalue weighted by atomic mass is 19.4. The Bertz CT molecular complexity index is 1110. The summed E-state index contributed by atoms with van der Waals surface area (Å²) < 4.78 is 51.9. The number of benzene rings is 2. The zero-order valence-electron chi connectivity index (χ0n) is 19.8. The smallest absolute Gasteiger partial charge is 0.420 e. The molecule has 0 unspecified atom stereocenters. The third-order valence-electron chi connectivity index (χ3n) is 5.61. The van der Waals surface area contributed by atoms with Gasteiger partial charge in [-0.05, 0) is 43.3 Å². The molecule has 2 aromatic rings. The van der Waals surface area contributed by atoms with Crippen molar-refractivity contribution in [3.63, 3.8) is 0 Å². The molecule has 2 aromatic carbocycles. The lowest BCUT2D eigenvalue weighted by atomic mass is 10.1. The Morgan fingerprint density at radius 2 is 1.97 bits per heavy atom. The molecule has 8 nitrogen and oxygen atoms in total. The molecule has 1 amide bonds. The van der Waals surface area contributed by atoms with Gasteiger partial charge in [0, 0.05) is 49.3 Å². The maximum Gasteiger partial charge on any atom is 0.420 e. The lowest BCUT2D eigenvalue weighted by Crippen LogP contribution is -2.42. The molecule has 0 aromatic heterocycles. The first-order valence-corrected chi connectivity index (χ1v) is 11.5. The molecular weight excluding hydrogens is 477 g/mol. The van der Waals surface area contributed by atoms with E-state index in [4.69, 9.17) is 20.6 Å². The van der Waals surface area contributed by atoms with Crippen molar-refractivity contribution >= 4 is 23.7 Å². The highest BCUT2D eigenvalue weighted by Gasteiger charge is 2.36. The normalized spacial score (nSPS) is 14.6. The molecule has 36 heavy (non-hydrogen) atoms. The van der Waals surface area contributed by atoms with E-state index in [0.29, 0.717) is 37.1 Å². The number of amidine groups is 1. The van der Waals surface area contributed by atoms with E-state index in [1.54, 1.807) is 25.1 Å². The van der Waals surface area contributed by atoms with Crippen LogP contribution in [0.25, 0.3) is 6.08 Å². The van der Waals surface area contributed by atoms with Gasteiger partial charge in [0.15, 0.2) is 0 Å². The van der Waals surface area contributed by atoms with Crippen molar-refractivity contribution in [1.29, 1.82) is 5.41 Å². The second-order valence-electron chi connectivity index (χ2n) is 8.18. The quantitative estimate of drug-likeness (QED) is 0.301. The Balaban J connectivity index is 1.63. The third-order valence-corrected chi connectivity index (χ3v) is 5.61. The van der Waals surface area contributed by atoms with Crippen LogP contribution in [0.4, 0.5) is 23.7 Å². The number of anilines is 1. The van der Waals surface area contributed by atoms with Crippen LogP contribution in [-0.4, -0.2) is 54.3 Å². The standard InChI is InChI=1S/C25H29F3N4O4/c1-2-35-24(34)32-12-9-19(10-13-32)36-22-8-6-18(15-20(22)25(26,27)28)31-11-3-4-16-14-17(23(29)30)5-7-21(16)33/h3-8,14-15,19,31,33H,2,9-13H2,1H3,(H3,29,30). The molecule has 0 spiro atoms. The number of halogens is 3. The van der Waals surface area contributed by atoms with E-state index >= 15 is 0 Å². The molecule has 11 heteroatoms. The predicted molar refractivity (Wildman–Crippen MR) is 130 cm³/mol. The van der Waals surface area contributed by atoms with E-state index in [-0.39, 0.29) is 36.2 Å². The van der Waals surface area contributed by atoms with Crippen molar-refractivity contribution in [2.75, 3.05) is 31.6 Å². The van der Waals surface area contributed by atoms with E-state index in [1.165, 1.54) is 29.2 Å². The zero-order chi connectivity index (χ0) is 26.3. The summed E-state index contributed by atoms with van der Waals surface area (Å²) in [6.45, 7) is 2.85. The van der Waals surface area contributed by atoms with Gasteiger partial charge in [-0.25, -0.2) is 4.79 Å². The van der Waals surface area contributed by atoms with E-state index in [1.807, 2.05) is 0 Å². The lowest BCUT2D eigenvalue weighted by Gasteiger charge is -2.32. The largest absolute Gasteiger partial charge is 0.507 e. The van der Waals surface area contributed by atoms with Gasteiger partial charge in [-0.1, -0.05) is 12.2 Å². The van der Waals surface area contributed by atoms with Gasteiger partial charge in [0.1, 0.15) is 23.4 Å².